The molecular formula is C79H113NO8. The predicted octanol–water partition coefficient (Wildman–Crippen LogP) is 20.9. The molecule has 9 heteroatoms. The van der Waals surface area contributed by atoms with E-state index in [1.807, 2.05) is 103 Å². The maximum atomic E-state index is 15.2. The zero-order valence-electron chi connectivity index (χ0n) is 54.7. The molecule has 88 heavy (non-hydrogen) atoms. The largest absolute Gasteiger partial charge is 0.455 e. The van der Waals surface area contributed by atoms with Crippen LogP contribution in [0.15, 0.2) is 152 Å². The lowest BCUT2D eigenvalue weighted by Gasteiger charge is -2.39. The van der Waals surface area contributed by atoms with E-state index < -0.39 is 53.8 Å². The molecular weight excluding hydrogens is 1090 g/mol. The second-order valence-electron chi connectivity index (χ2n) is 24.7. The fraction of sp³-hybridized carbons (Fsp3) is 0.570. The summed E-state index contributed by atoms with van der Waals surface area (Å²) in [5.41, 5.74) is 1.91. The molecule has 482 valence electrons. The maximum Gasteiger partial charge on any atom is 0.338 e. The molecule has 0 radical (unpaired) electrons. The van der Waals surface area contributed by atoms with Gasteiger partial charge in [0.25, 0.3) is 5.91 Å². The normalized spacial score (nSPS) is 12.9. The first-order chi connectivity index (χ1) is 43.3. The van der Waals surface area contributed by atoms with Crippen molar-refractivity contribution in [1.29, 1.82) is 0 Å². The van der Waals surface area contributed by atoms with Crippen molar-refractivity contribution in [3.8, 4) is 0 Å². The highest BCUT2D eigenvalue weighted by molar-refractivity contribution is 5.90. The molecule has 5 aromatic carbocycles. The van der Waals surface area contributed by atoms with E-state index >= 15 is 4.79 Å². The molecule has 9 nitrogen and oxygen atoms in total. The Labute approximate surface area is 532 Å². The van der Waals surface area contributed by atoms with E-state index in [1.54, 1.807) is 48.5 Å². The molecule has 0 spiro atoms. The van der Waals surface area contributed by atoms with Gasteiger partial charge in [0.15, 0.2) is 12.2 Å². The molecule has 0 aromatic heterocycles. The van der Waals surface area contributed by atoms with Crippen LogP contribution in [0.2, 0.25) is 0 Å². The van der Waals surface area contributed by atoms with Crippen LogP contribution < -0.4 is 5.32 Å². The predicted molar refractivity (Wildman–Crippen MR) is 361 cm³/mol. The van der Waals surface area contributed by atoms with Gasteiger partial charge in [-0.05, 0) is 66.6 Å². The summed E-state index contributed by atoms with van der Waals surface area (Å²) in [4.78, 5) is 57.2. The van der Waals surface area contributed by atoms with E-state index in [4.69, 9.17) is 18.9 Å². The number of carbonyl (C=O) groups excluding carboxylic acids is 4. The Kier molecular flexibility index (Phi) is 38.1. The molecule has 5 rings (SSSR count). The molecule has 0 saturated heterocycles. The third kappa shape index (κ3) is 28.6. The van der Waals surface area contributed by atoms with Gasteiger partial charge >= 0.3 is 17.9 Å². The highest BCUT2D eigenvalue weighted by Crippen LogP contribution is 2.41. The van der Waals surface area contributed by atoms with Crippen molar-refractivity contribution in [2.75, 3.05) is 6.61 Å². The number of nitrogens with one attached hydrogen (secondary N) is 1. The number of amides is 1. The van der Waals surface area contributed by atoms with Gasteiger partial charge in [0.05, 0.1) is 23.8 Å². The quantitative estimate of drug-likeness (QED) is 0.0177. The number of unbranched alkanes of at least 4 members (excludes halogenated alkanes) is 32. The number of carbonyl (C=O) groups is 4. The van der Waals surface area contributed by atoms with Crippen LogP contribution in [-0.4, -0.2) is 54.8 Å². The lowest BCUT2D eigenvalue weighted by molar-refractivity contribution is -0.155. The van der Waals surface area contributed by atoms with Crippen LogP contribution in [-0.2, 0) is 34.1 Å². The smallest absolute Gasteiger partial charge is 0.338 e. The fourth-order valence-electron chi connectivity index (χ4n) is 12.3. The Morgan fingerprint density at radius 1 is 0.364 bits per heavy atom. The number of benzene rings is 5. The van der Waals surface area contributed by atoms with Crippen molar-refractivity contribution in [2.24, 2.45) is 0 Å². The molecule has 0 aliphatic rings. The van der Waals surface area contributed by atoms with Crippen LogP contribution in [0.3, 0.4) is 0 Å². The van der Waals surface area contributed by atoms with E-state index in [0.717, 1.165) is 61.6 Å². The summed E-state index contributed by atoms with van der Waals surface area (Å²) >= 11 is 0. The second-order valence-corrected chi connectivity index (χ2v) is 24.7. The molecule has 0 aliphatic carbocycles. The number of rotatable bonds is 51. The van der Waals surface area contributed by atoms with Gasteiger partial charge in [-0.25, -0.2) is 9.59 Å². The molecule has 0 unspecified atom stereocenters. The minimum Gasteiger partial charge on any atom is -0.455 e. The van der Waals surface area contributed by atoms with Crippen molar-refractivity contribution in [1.82, 2.24) is 5.32 Å². The lowest BCUT2D eigenvalue weighted by Crippen LogP contribution is -2.57. The molecule has 1 amide bonds. The Bertz CT molecular complexity index is 2450. The number of esters is 3. The van der Waals surface area contributed by atoms with Gasteiger partial charge in [0.1, 0.15) is 11.7 Å². The van der Waals surface area contributed by atoms with Crippen molar-refractivity contribution >= 4 is 23.8 Å². The zero-order valence-corrected chi connectivity index (χ0v) is 54.7. The van der Waals surface area contributed by atoms with Gasteiger partial charge in [-0.15, -0.1) is 0 Å². The van der Waals surface area contributed by atoms with E-state index in [-0.39, 0.29) is 6.61 Å². The third-order valence-corrected chi connectivity index (χ3v) is 17.4. The van der Waals surface area contributed by atoms with E-state index in [9.17, 15) is 14.4 Å². The Hall–Kier alpha value is -6.06. The number of hydrogen-bond acceptors (Lipinski definition) is 8. The summed E-state index contributed by atoms with van der Waals surface area (Å²) in [6.45, 7) is 5.64. The third-order valence-electron chi connectivity index (χ3n) is 17.4. The van der Waals surface area contributed by atoms with Crippen molar-refractivity contribution in [3.05, 3.63) is 179 Å². The van der Waals surface area contributed by atoms with Gasteiger partial charge in [0, 0.05) is 6.92 Å². The molecule has 5 aromatic rings. The van der Waals surface area contributed by atoms with E-state index in [2.05, 4.69) is 19.2 Å². The Balaban J connectivity index is 1.34. The maximum absolute atomic E-state index is 15.2. The average molecular weight is 1200 g/mol. The second kappa shape index (κ2) is 46.1. The summed E-state index contributed by atoms with van der Waals surface area (Å²) < 4.78 is 26.7. The van der Waals surface area contributed by atoms with E-state index in [0.29, 0.717) is 36.8 Å². The van der Waals surface area contributed by atoms with Crippen molar-refractivity contribution in [3.63, 3.8) is 0 Å². The van der Waals surface area contributed by atoms with Crippen LogP contribution in [0.5, 0.6) is 0 Å². The Morgan fingerprint density at radius 3 is 0.989 bits per heavy atom. The standard InChI is InChI=1S/C79H113NO8/c1-4-6-8-10-12-14-16-18-19-20-21-22-23-24-25-26-27-29-31-33-35-52-64-74(86-66(3)81)76(82)80-72(65-85-79(69-57-45-38-46-58-69,70-59-47-39-48-60-70)71-61-49-40-50-62-71)75(88-78(84)68-55-43-37-44-56-68)73(87-77(83)67-53-41-36-42-54-67)63-51-34-32-30-28-17-15-13-11-9-7-5-2/h36-50,53-62,72-75H,4-35,51-52,63-65H2,1-3H3,(H,80,82)/t72-,73+,74+,75-/m0/s1. The van der Waals surface area contributed by atoms with Gasteiger partial charge in [0.2, 0.25) is 0 Å². The minimum atomic E-state index is -1.27. The lowest BCUT2D eigenvalue weighted by atomic mass is 9.80. The van der Waals surface area contributed by atoms with Gasteiger partial charge in [-0.2, -0.15) is 0 Å². The van der Waals surface area contributed by atoms with Gasteiger partial charge in [-0.3, -0.25) is 9.59 Å². The van der Waals surface area contributed by atoms with E-state index in [1.165, 1.54) is 167 Å². The summed E-state index contributed by atoms with van der Waals surface area (Å²) in [6.07, 6.45) is 39.0. The first kappa shape index (κ1) is 72.7. The Morgan fingerprint density at radius 2 is 0.659 bits per heavy atom. The van der Waals surface area contributed by atoms with Crippen LogP contribution >= 0.6 is 0 Å². The fourth-order valence-corrected chi connectivity index (χ4v) is 12.3. The van der Waals surface area contributed by atoms with Crippen LogP contribution in [0.1, 0.15) is 289 Å². The zero-order chi connectivity index (χ0) is 62.4. The average Bonchev–Trinajstić information content (AvgIpc) is 2.78. The van der Waals surface area contributed by atoms with Crippen molar-refractivity contribution < 1.29 is 38.1 Å². The summed E-state index contributed by atoms with van der Waals surface area (Å²) in [5.74, 6) is -2.34. The summed E-state index contributed by atoms with van der Waals surface area (Å²) in [6, 6.07) is 46.3. The van der Waals surface area contributed by atoms with Crippen LogP contribution in [0.4, 0.5) is 0 Å². The first-order valence-corrected chi connectivity index (χ1v) is 35.1. The summed E-state index contributed by atoms with van der Waals surface area (Å²) in [7, 11) is 0. The number of ether oxygens (including phenoxy) is 4. The monoisotopic (exact) mass is 1200 g/mol. The molecule has 0 heterocycles. The summed E-state index contributed by atoms with van der Waals surface area (Å²) in [5, 5.41) is 3.25. The number of hydrogen-bond donors (Lipinski definition) is 1. The molecule has 0 bridgehead atoms. The van der Waals surface area contributed by atoms with Crippen molar-refractivity contribution in [2.45, 2.75) is 282 Å². The van der Waals surface area contributed by atoms with Gasteiger partial charge < -0.3 is 24.3 Å². The molecule has 4 atom stereocenters. The minimum absolute atomic E-state index is 0.221. The molecule has 1 N–H and O–H groups in total. The molecule has 0 aliphatic heterocycles. The van der Waals surface area contributed by atoms with Gasteiger partial charge in [-0.1, -0.05) is 347 Å². The molecule has 0 fully saturated rings. The highest BCUT2D eigenvalue weighted by Gasteiger charge is 2.43. The van der Waals surface area contributed by atoms with Crippen LogP contribution in [0.25, 0.3) is 0 Å². The highest BCUT2D eigenvalue weighted by atomic mass is 16.6. The molecule has 0 saturated carbocycles. The topological polar surface area (TPSA) is 117 Å². The van der Waals surface area contributed by atoms with Crippen LogP contribution in [0, 0.1) is 0 Å². The SMILES string of the molecule is CCCCCCCCCCCCCCCCCCCCCCCC[C@@H](OC(C)=O)C(=O)N[C@@H](COC(c1ccccc1)(c1ccccc1)c1ccccc1)[C@H](OC(=O)c1ccccc1)[C@@H](CCCCCCCCCCCCCC)OC(=O)c1ccccc1. The first-order valence-electron chi connectivity index (χ1n) is 35.1.